The Labute approximate surface area is 143 Å². The summed E-state index contributed by atoms with van der Waals surface area (Å²) in [6.07, 6.45) is 0. The second kappa shape index (κ2) is 5.43. The van der Waals surface area contributed by atoms with Crippen molar-refractivity contribution in [1.29, 1.82) is 0 Å². The molecule has 2 heterocycles. The molecule has 1 saturated heterocycles. The Bertz CT molecular complexity index is 713. The van der Waals surface area contributed by atoms with Gasteiger partial charge in [0.15, 0.2) is 0 Å². The molecule has 5 nitrogen and oxygen atoms in total. The molecular weight excluding hydrogens is 303 g/mol. The zero-order valence-corrected chi connectivity index (χ0v) is 15.5. The van der Waals surface area contributed by atoms with Gasteiger partial charge in [-0.15, -0.1) is 0 Å². The van der Waals surface area contributed by atoms with Gasteiger partial charge >= 0.3 is 7.12 Å². The van der Waals surface area contributed by atoms with Crippen LogP contribution >= 0.6 is 0 Å². The summed E-state index contributed by atoms with van der Waals surface area (Å²) < 4.78 is 17.1. The maximum Gasteiger partial charge on any atom is 0.494 e. The maximum atomic E-state index is 6.09. The summed E-state index contributed by atoms with van der Waals surface area (Å²) in [5.41, 5.74) is 2.79. The highest BCUT2D eigenvalue weighted by Crippen LogP contribution is 2.36. The van der Waals surface area contributed by atoms with Crippen molar-refractivity contribution in [2.75, 3.05) is 0 Å². The van der Waals surface area contributed by atoms with Gasteiger partial charge in [0.1, 0.15) is 11.4 Å². The zero-order chi connectivity index (χ0) is 17.8. The molecule has 1 aromatic heterocycles. The maximum absolute atomic E-state index is 6.09. The highest BCUT2D eigenvalue weighted by molar-refractivity contribution is 6.62. The number of hydrogen-bond acceptors (Lipinski definition) is 5. The standard InChI is InChI=1S/C18H25BN2O3/c1-16(2,3)15-14(20-24-21-15)12-8-10-13(11-9-12)19-22-17(4,5)18(6,7)23-19/h8-11H,1-7H3. The zero-order valence-electron chi connectivity index (χ0n) is 15.5. The van der Waals surface area contributed by atoms with Gasteiger partial charge in [0.05, 0.1) is 11.2 Å². The van der Waals surface area contributed by atoms with Gasteiger partial charge in [0.25, 0.3) is 0 Å². The van der Waals surface area contributed by atoms with Gasteiger partial charge in [0.2, 0.25) is 0 Å². The molecule has 1 fully saturated rings. The molecule has 0 N–H and O–H groups in total. The smallest absolute Gasteiger partial charge is 0.399 e. The molecule has 0 aliphatic carbocycles. The van der Waals surface area contributed by atoms with E-state index in [4.69, 9.17) is 13.9 Å². The summed E-state index contributed by atoms with van der Waals surface area (Å²) in [5, 5.41) is 8.14. The first-order chi connectivity index (χ1) is 11.0. The van der Waals surface area contributed by atoms with Crippen molar-refractivity contribution in [2.45, 2.75) is 65.1 Å². The Morgan fingerprint density at radius 3 is 1.92 bits per heavy atom. The lowest BCUT2D eigenvalue weighted by molar-refractivity contribution is 0.00578. The SMILES string of the molecule is CC(C)(C)c1nonc1-c1ccc(B2OC(C)(C)C(C)(C)O2)cc1. The molecule has 1 aromatic carbocycles. The van der Waals surface area contributed by atoms with E-state index in [1.165, 1.54) is 0 Å². The molecule has 1 aliphatic heterocycles. The van der Waals surface area contributed by atoms with E-state index >= 15 is 0 Å². The van der Waals surface area contributed by atoms with Crippen molar-refractivity contribution >= 4 is 12.6 Å². The minimum absolute atomic E-state index is 0.125. The number of rotatable bonds is 2. The summed E-state index contributed by atoms with van der Waals surface area (Å²) in [5.74, 6) is 0. The van der Waals surface area contributed by atoms with Crippen LogP contribution < -0.4 is 5.46 Å². The lowest BCUT2D eigenvalue weighted by atomic mass is 9.78. The van der Waals surface area contributed by atoms with Gasteiger partial charge in [-0.3, -0.25) is 0 Å². The minimum atomic E-state index is -0.360. The van der Waals surface area contributed by atoms with Crippen molar-refractivity contribution in [1.82, 2.24) is 10.3 Å². The predicted octanol–water partition coefficient (Wildman–Crippen LogP) is 3.33. The molecule has 0 radical (unpaired) electrons. The van der Waals surface area contributed by atoms with Crippen LogP contribution in [0.15, 0.2) is 28.9 Å². The first-order valence-electron chi connectivity index (χ1n) is 8.30. The fourth-order valence-electron chi connectivity index (χ4n) is 2.65. The Morgan fingerprint density at radius 2 is 1.42 bits per heavy atom. The third kappa shape index (κ3) is 2.89. The lowest BCUT2D eigenvalue weighted by Gasteiger charge is -2.32. The Hall–Kier alpha value is -1.66. The predicted molar refractivity (Wildman–Crippen MR) is 94.2 cm³/mol. The van der Waals surface area contributed by atoms with E-state index in [1.54, 1.807) is 0 Å². The summed E-state index contributed by atoms with van der Waals surface area (Å²) >= 11 is 0. The van der Waals surface area contributed by atoms with E-state index in [2.05, 4.69) is 58.8 Å². The lowest BCUT2D eigenvalue weighted by Crippen LogP contribution is -2.41. The summed E-state index contributed by atoms with van der Waals surface area (Å²) in [6.45, 7) is 14.5. The molecule has 0 amide bonds. The molecule has 0 saturated carbocycles. The Morgan fingerprint density at radius 1 is 0.875 bits per heavy atom. The molecular formula is C18H25BN2O3. The van der Waals surface area contributed by atoms with Crippen LogP contribution in [0.3, 0.4) is 0 Å². The van der Waals surface area contributed by atoms with Gasteiger partial charge in [-0.05, 0) is 38.3 Å². The van der Waals surface area contributed by atoms with Crippen molar-refractivity contribution < 1.29 is 13.9 Å². The average Bonchev–Trinajstić information content (AvgIpc) is 3.02. The Kier molecular flexibility index (Phi) is 3.88. The monoisotopic (exact) mass is 328 g/mol. The second-order valence-corrected chi connectivity index (χ2v) is 8.42. The van der Waals surface area contributed by atoms with E-state index in [-0.39, 0.29) is 23.7 Å². The van der Waals surface area contributed by atoms with Crippen molar-refractivity contribution in [2.24, 2.45) is 0 Å². The quantitative estimate of drug-likeness (QED) is 0.792. The van der Waals surface area contributed by atoms with Crippen LogP contribution in [-0.2, 0) is 14.7 Å². The number of benzene rings is 1. The number of aromatic nitrogens is 2. The normalized spacial score (nSPS) is 19.7. The van der Waals surface area contributed by atoms with Crippen LogP contribution in [0.5, 0.6) is 0 Å². The third-order valence-electron chi connectivity index (χ3n) is 4.91. The Balaban J connectivity index is 1.87. The van der Waals surface area contributed by atoms with Crippen molar-refractivity contribution in [3.8, 4) is 11.3 Å². The van der Waals surface area contributed by atoms with Crippen LogP contribution in [0.4, 0.5) is 0 Å². The van der Waals surface area contributed by atoms with E-state index in [9.17, 15) is 0 Å². The fraction of sp³-hybridized carbons (Fsp3) is 0.556. The molecule has 3 rings (SSSR count). The second-order valence-electron chi connectivity index (χ2n) is 8.42. The van der Waals surface area contributed by atoms with Crippen molar-refractivity contribution in [3.05, 3.63) is 30.0 Å². The molecule has 0 atom stereocenters. The molecule has 24 heavy (non-hydrogen) atoms. The first-order valence-corrected chi connectivity index (χ1v) is 8.30. The molecule has 1 aliphatic rings. The number of nitrogens with zero attached hydrogens (tertiary/aromatic N) is 2. The van der Waals surface area contributed by atoms with E-state index in [0.29, 0.717) is 0 Å². The minimum Gasteiger partial charge on any atom is -0.399 e. The van der Waals surface area contributed by atoms with Gasteiger partial charge in [0, 0.05) is 11.0 Å². The largest absolute Gasteiger partial charge is 0.494 e. The van der Waals surface area contributed by atoms with Gasteiger partial charge in [-0.2, -0.15) is 0 Å². The van der Waals surface area contributed by atoms with Crippen LogP contribution in [0.25, 0.3) is 11.3 Å². The summed E-state index contributed by atoms with van der Waals surface area (Å²) in [7, 11) is -0.360. The summed E-state index contributed by atoms with van der Waals surface area (Å²) in [4.78, 5) is 0. The van der Waals surface area contributed by atoms with Gasteiger partial charge < -0.3 is 9.31 Å². The molecule has 0 unspecified atom stereocenters. The van der Waals surface area contributed by atoms with Gasteiger partial charge in [-0.1, -0.05) is 50.2 Å². The van der Waals surface area contributed by atoms with E-state index in [1.807, 2.05) is 24.3 Å². The number of hydrogen-bond donors (Lipinski definition) is 0. The molecule has 0 bridgehead atoms. The molecule has 128 valence electrons. The van der Waals surface area contributed by atoms with E-state index < -0.39 is 0 Å². The molecule has 6 heteroatoms. The van der Waals surface area contributed by atoms with Crippen LogP contribution in [0.1, 0.15) is 54.2 Å². The molecule has 2 aromatic rings. The highest BCUT2D eigenvalue weighted by atomic mass is 16.7. The topological polar surface area (TPSA) is 57.4 Å². The fourth-order valence-corrected chi connectivity index (χ4v) is 2.65. The van der Waals surface area contributed by atoms with Crippen LogP contribution in [-0.4, -0.2) is 28.6 Å². The van der Waals surface area contributed by atoms with Crippen molar-refractivity contribution in [3.63, 3.8) is 0 Å². The van der Waals surface area contributed by atoms with Crippen LogP contribution in [0.2, 0.25) is 0 Å². The average molecular weight is 328 g/mol. The van der Waals surface area contributed by atoms with E-state index in [0.717, 1.165) is 22.4 Å². The van der Waals surface area contributed by atoms with Gasteiger partial charge in [-0.25, -0.2) is 4.63 Å². The third-order valence-corrected chi connectivity index (χ3v) is 4.91. The molecule has 0 spiro atoms. The highest BCUT2D eigenvalue weighted by Gasteiger charge is 2.51. The summed E-state index contributed by atoms with van der Waals surface area (Å²) in [6, 6.07) is 8.04. The first kappa shape index (κ1) is 17.2. The van der Waals surface area contributed by atoms with Crippen LogP contribution in [0, 0.1) is 0 Å².